The molecule has 1 atom stereocenters. The van der Waals surface area contributed by atoms with Gasteiger partial charge < -0.3 is 10.2 Å². The van der Waals surface area contributed by atoms with Crippen LogP contribution in [0.5, 0.6) is 0 Å². The van der Waals surface area contributed by atoms with Crippen LogP contribution >= 0.6 is 15.9 Å². The highest BCUT2D eigenvalue weighted by Gasteiger charge is 2.20. The monoisotopic (exact) mass is 344 g/mol. The van der Waals surface area contributed by atoms with Gasteiger partial charge in [0.05, 0.1) is 5.56 Å². The van der Waals surface area contributed by atoms with Gasteiger partial charge in [0, 0.05) is 28.4 Å². The second-order valence-electron chi connectivity index (χ2n) is 4.64. The van der Waals surface area contributed by atoms with Gasteiger partial charge in [-0.25, -0.2) is 0 Å². The van der Waals surface area contributed by atoms with Crippen molar-refractivity contribution in [2.24, 2.45) is 5.16 Å². The maximum Gasteiger partial charge on any atom is 0.256 e. The first kappa shape index (κ1) is 13.8. The number of carbonyl (C=O) groups excluding carboxylic acids is 1. The fourth-order valence-electron chi connectivity index (χ4n) is 2.21. The first-order chi connectivity index (χ1) is 10.3. The molecule has 1 heterocycles. The molecule has 0 saturated heterocycles. The minimum atomic E-state index is -0.158. The predicted octanol–water partition coefficient (Wildman–Crippen LogP) is 4.15. The molecule has 0 spiro atoms. The maximum atomic E-state index is 12.4. The van der Waals surface area contributed by atoms with E-state index in [4.69, 9.17) is 4.84 Å². The zero-order chi connectivity index (χ0) is 14.7. The molecule has 1 aliphatic rings. The quantitative estimate of drug-likeness (QED) is 0.909. The topological polar surface area (TPSA) is 50.7 Å². The van der Waals surface area contributed by atoms with Crippen LogP contribution in [0.15, 0.2) is 58.2 Å². The lowest BCUT2D eigenvalue weighted by molar-refractivity contribution is 0.0861. The zero-order valence-corrected chi connectivity index (χ0v) is 12.7. The molecule has 2 aromatic rings. The standard InChI is InChI=1S/C16H13BrN2O2/c17-13-7-3-1-5-11(13)16(20)19-14-8-4-2-6-12(14)15-9-10-18-21-15/h1-8,10,15H,9H2,(H,19,20)/t15-/m0/s1. The fraction of sp³-hybridized carbons (Fsp3) is 0.125. The molecule has 2 aromatic carbocycles. The minimum Gasteiger partial charge on any atom is -0.387 e. The summed E-state index contributed by atoms with van der Waals surface area (Å²) in [5.41, 5.74) is 2.26. The van der Waals surface area contributed by atoms with Gasteiger partial charge in [-0.2, -0.15) is 0 Å². The van der Waals surface area contributed by atoms with Crippen LogP contribution in [0.4, 0.5) is 5.69 Å². The lowest BCUT2D eigenvalue weighted by atomic mass is 10.0. The summed E-state index contributed by atoms with van der Waals surface area (Å²) in [6.45, 7) is 0. The zero-order valence-electron chi connectivity index (χ0n) is 11.1. The van der Waals surface area contributed by atoms with Crippen molar-refractivity contribution in [1.82, 2.24) is 0 Å². The van der Waals surface area contributed by atoms with Crippen molar-refractivity contribution < 1.29 is 9.63 Å². The summed E-state index contributed by atoms with van der Waals surface area (Å²) >= 11 is 3.39. The first-order valence-electron chi connectivity index (χ1n) is 6.58. The van der Waals surface area contributed by atoms with Gasteiger partial charge >= 0.3 is 0 Å². The number of amides is 1. The number of hydrogen-bond acceptors (Lipinski definition) is 3. The van der Waals surface area contributed by atoms with Crippen molar-refractivity contribution in [2.75, 3.05) is 5.32 Å². The van der Waals surface area contributed by atoms with Crippen LogP contribution in [0.3, 0.4) is 0 Å². The molecule has 0 saturated carbocycles. The molecule has 21 heavy (non-hydrogen) atoms. The number of para-hydroxylation sites is 1. The van der Waals surface area contributed by atoms with Crippen LogP contribution in [-0.2, 0) is 4.84 Å². The normalized spacial score (nSPS) is 16.5. The number of rotatable bonds is 3. The van der Waals surface area contributed by atoms with Crippen molar-refractivity contribution in [3.63, 3.8) is 0 Å². The Morgan fingerprint density at radius 2 is 1.95 bits per heavy atom. The molecule has 5 heteroatoms. The second-order valence-corrected chi connectivity index (χ2v) is 5.49. The molecule has 1 aliphatic heterocycles. The summed E-state index contributed by atoms with van der Waals surface area (Å²) in [6.07, 6.45) is 2.31. The van der Waals surface area contributed by atoms with Gasteiger partial charge in [-0.05, 0) is 34.1 Å². The summed E-state index contributed by atoms with van der Waals surface area (Å²) < 4.78 is 0.764. The average molecular weight is 345 g/mol. The number of nitrogens with zero attached hydrogens (tertiary/aromatic N) is 1. The number of hydrogen-bond donors (Lipinski definition) is 1. The van der Waals surface area contributed by atoms with E-state index < -0.39 is 0 Å². The number of halogens is 1. The highest BCUT2D eigenvalue weighted by atomic mass is 79.9. The van der Waals surface area contributed by atoms with Gasteiger partial charge in [0.1, 0.15) is 0 Å². The molecule has 0 unspecified atom stereocenters. The van der Waals surface area contributed by atoms with Crippen LogP contribution in [0.25, 0.3) is 0 Å². The molecular weight excluding hydrogens is 332 g/mol. The van der Waals surface area contributed by atoms with E-state index in [1.54, 1.807) is 12.3 Å². The second kappa shape index (κ2) is 6.10. The largest absolute Gasteiger partial charge is 0.387 e. The molecule has 0 aromatic heterocycles. The SMILES string of the molecule is O=C(Nc1ccccc1[C@@H]1CC=NO1)c1ccccc1Br. The van der Waals surface area contributed by atoms with E-state index in [9.17, 15) is 4.79 Å². The van der Waals surface area contributed by atoms with E-state index in [1.807, 2.05) is 42.5 Å². The summed E-state index contributed by atoms with van der Waals surface area (Å²) in [5, 5.41) is 6.73. The Morgan fingerprint density at radius 1 is 1.19 bits per heavy atom. The molecule has 106 valence electrons. The van der Waals surface area contributed by atoms with Gasteiger partial charge in [0.15, 0.2) is 6.10 Å². The molecule has 0 radical (unpaired) electrons. The van der Waals surface area contributed by atoms with Gasteiger partial charge in [0.25, 0.3) is 5.91 Å². The number of oxime groups is 1. The molecule has 4 nitrogen and oxygen atoms in total. The van der Waals surface area contributed by atoms with Crippen molar-refractivity contribution in [2.45, 2.75) is 12.5 Å². The highest BCUT2D eigenvalue weighted by molar-refractivity contribution is 9.10. The molecule has 1 amide bonds. The van der Waals surface area contributed by atoms with Crippen LogP contribution in [0.2, 0.25) is 0 Å². The first-order valence-corrected chi connectivity index (χ1v) is 7.37. The lowest BCUT2D eigenvalue weighted by Crippen LogP contribution is -2.14. The van der Waals surface area contributed by atoms with E-state index in [-0.39, 0.29) is 12.0 Å². The van der Waals surface area contributed by atoms with Gasteiger partial charge in [-0.3, -0.25) is 4.79 Å². The molecule has 0 fully saturated rings. The van der Waals surface area contributed by atoms with Gasteiger partial charge in [-0.15, -0.1) is 0 Å². The Kier molecular flexibility index (Phi) is 4.01. The molecule has 3 rings (SSSR count). The van der Waals surface area contributed by atoms with Crippen molar-refractivity contribution in [3.8, 4) is 0 Å². The summed E-state index contributed by atoms with van der Waals surface area (Å²) in [6, 6.07) is 14.9. The Bertz CT molecular complexity index is 692. The maximum absolute atomic E-state index is 12.4. The van der Waals surface area contributed by atoms with Crippen molar-refractivity contribution >= 4 is 33.7 Å². The smallest absolute Gasteiger partial charge is 0.256 e. The van der Waals surface area contributed by atoms with E-state index in [0.29, 0.717) is 12.0 Å². The van der Waals surface area contributed by atoms with E-state index in [0.717, 1.165) is 15.7 Å². The summed E-state index contributed by atoms with van der Waals surface area (Å²) in [7, 11) is 0. The van der Waals surface area contributed by atoms with Crippen molar-refractivity contribution in [1.29, 1.82) is 0 Å². The molecule has 0 aliphatic carbocycles. The van der Waals surface area contributed by atoms with Crippen LogP contribution < -0.4 is 5.32 Å². The Labute approximate surface area is 130 Å². The van der Waals surface area contributed by atoms with E-state index in [1.165, 1.54) is 0 Å². The highest BCUT2D eigenvalue weighted by Crippen LogP contribution is 2.31. The number of nitrogens with one attached hydrogen (secondary N) is 1. The Morgan fingerprint density at radius 3 is 2.71 bits per heavy atom. The van der Waals surface area contributed by atoms with Crippen molar-refractivity contribution in [3.05, 3.63) is 64.1 Å². The van der Waals surface area contributed by atoms with Gasteiger partial charge in [0.2, 0.25) is 0 Å². The number of carbonyl (C=O) groups is 1. The summed E-state index contributed by atoms with van der Waals surface area (Å²) in [5.74, 6) is -0.158. The summed E-state index contributed by atoms with van der Waals surface area (Å²) in [4.78, 5) is 17.7. The molecule has 0 bridgehead atoms. The third-order valence-corrected chi connectivity index (χ3v) is 3.95. The average Bonchev–Trinajstić information content (AvgIpc) is 3.02. The third kappa shape index (κ3) is 2.97. The van der Waals surface area contributed by atoms with Crippen LogP contribution in [0, 0.1) is 0 Å². The lowest BCUT2D eigenvalue weighted by Gasteiger charge is -2.15. The van der Waals surface area contributed by atoms with Crippen LogP contribution in [-0.4, -0.2) is 12.1 Å². The predicted molar refractivity (Wildman–Crippen MR) is 85.5 cm³/mol. The molecular formula is C16H13BrN2O2. The molecule has 1 N–H and O–H groups in total. The number of benzene rings is 2. The van der Waals surface area contributed by atoms with Gasteiger partial charge in [-0.1, -0.05) is 35.5 Å². The Hall–Kier alpha value is -2.14. The Balaban J connectivity index is 1.85. The third-order valence-electron chi connectivity index (χ3n) is 3.26. The fourth-order valence-corrected chi connectivity index (χ4v) is 2.67. The minimum absolute atomic E-state index is 0.138. The number of anilines is 1. The van der Waals surface area contributed by atoms with E-state index in [2.05, 4.69) is 26.4 Å². The van der Waals surface area contributed by atoms with E-state index >= 15 is 0 Å². The van der Waals surface area contributed by atoms with Crippen LogP contribution in [0.1, 0.15) is 28.4 Å².